The van der Waals surface area contributed by atoms with Crippen LogP contribution in [-0.2, 0) is 0 Å². The first-order valence-corrected chi connectivity index (χ1v) is 4.94. The van der Waals surface area contributed by atoms with Crippen molar-refractivity contribution in [3.05, 3.63) is 29.1 Å². The van der Waals surface area contributed by atoms with Crippen LogP contribution in [0.5, 0.6) is 0 Å². The molecule has 1 fully saturated rings. The second-order valence-corrected chi connectivity index (χ2v) is 3.94. The Balaban J connectivity index is 2.25. The SMILES string of the molecule is Cc1cc(F)c(N)cc1C(=O)NC1CC1. The summed E-state index contributed by atoms with van der Waals surface area (Å²) in [5, 5.41) is 2.84. The van der Waals surface area contributed by atoms with E-state index in [0.717, 1.165) is 12.8 Å². The van der Waals surface area contributed by atoms with Crippen LogP contribution < -0.4 is 11.1 Å². The third-order valence-corrected chi connectivity index (χ3v) is 2.50. The van der Waals surface area contributed by atoms with Gasteiger partial charge < -0.3 is 11.1 Å². The molecular formula is C11H13FN2O. The molecule has 1 saturated carbocycles. The summed E-state index contributed by atoms with van der Waals surface area (Å²) >= 11 is 0. The summed E-state index contributed by atoms with van der Waals surface area (Å²) in [5.41, 5.74) is 6.50. The van der Waals surface area contributed by atoms with Crippen molar-refractivity contribution in [1.82, 2.24) is 5.32 Å². The quantitative estimate of drug-likeness (QED) is 0.725. The maximum absolute atomic E-state index is 13.0. The molecule has 0 atom stereocenters. The van der Waals surface area contributed by atoms with E-state index in [4.69, 9.17) is 5.73 Å². The van der Waals surface area contributed by atoms with Crippen LogP contribution in [0.2, 0.25) is 0 Å². The maximum atomic E-state index is 13.0. The van der Waals surface area contributed by atoms with Crippen molar-refractivity contribution in [1.29, 1.82) is 0 Å². The summed E-state index contributed by atoms with van der Waals surface area (Å²) in [6, 6.07) is 2.97. The molecule has 1 aliphatic rings. The standard InChI is InChI=1S/C11H13FN2O/c1-6-4-9(12)10(13)5-8(6)11(15)14-7-2-3-7/h4-5,7H,2-3,13H2,1H3,(H,14,15). The van der Waals surface area contributed by atoms with Crippen LogP contribution in [0.3, 0.4) is 0 Å². The monoisotopic (exact) mass is 208 g/mol. The number of nitrogens with one attached hydrogen (secondary N) is 1. The lowest BCUT2D eigenvalue weighted by Crippen LogP contribution is -2.26. The third kappa shape index (κ3) is 2.09. The highest BCUT2D eigenvalue weighted by Gasteiger charge is 2.24. The van der Waals surface area contributed by atoms with Gasteiger partial charge in [-0.15, -0.1) is 0 Å². The first-order valence-electron chi connectivity index (χ1n) is 4.94. The largest absolute Gasteiger partial charge is 0.396 e. The van der Waals surface area contributed by atoms with Gasteiger partial charge in [-0.25, -0.2) is 4.39 Å². The lowest BCUT2D eigenvalue weighted by Gasteiger charge is -2.08. The van der Waals surface area contributed by atoms with Crippen molar-refractivity contribution in [2.24, 2.45) is 0 Å². The molecular weight excluding hydrogens is 195 g/mol. The molecule has 2 rings (SSSR count). The number of anilines is 1. The number of nitrogen functional groups attached to an aromatic ring is 1. The number of aryl methyl sites for hydroxylation is 1. The molecule has 1 aromatic carbocycles. The predicted molar refractivity (Wildman–Crippen MR) is 56.0 cm³/mol. The Morgan fingerprint density at radius 3 is 2.80 bits per heavy atom. The smallest absolute Gasteiger partial charge is 0.251 e. The minimum absolute atomic E-state index is 0.0153. The molecule has 1 amide bonds. The molecule has 0 aliphatic heterocycles. The number of carbonyl (C=O) groups is 1. The number of hydrogen-bond donors (Lipinski definition) is 2. The average molecular weight is 208 g/mol. The molecule has 4 heteroatoms. The van der Waals surface area contributed by atoms with Gasteiger partial charge in [-0.3, -0.25) is 4.79 Å². The van der Waals surface area contributed by atoms with Gasteiger partial charge in [-0.05, 0) is 37.5 Å². The highest BCUT2D eigenvalue weighted by Crippen LogP contribution is 2.21. The first kappa shape index (κ1) is 9.96. The molecule has 0 bridgehead atoms. The van der Waals surface area contributed by atoms with E-state index in [-0.39, 0.29) is 11.6 Å². The summed E-state index contributed by atoms with van der Waals surface area (Å²) in [4.78, 5) is 11.7. The fourth-order valence-electron chi connectivity index (χ4n) is 1.42. The summed E-state index contributed by atoms with van der Waals surface area (Å²) in [7, 11) is 0. The number of carbonyl (C=O) groups excluding carboxylic acids is 1. The fraction of sp³-hybridized carbons (Fsp3) is 0.364. The van der Waals surface area contributed by atoms with Crippen LogP contribution in [0.25, 0.3) is 0 Å². The Morgan fingerprint density at radius 2 is 2.20 bits per heavy atom. The minimum Gasteiger partial charge on any atom is -0.396 e. The van der Waals surface area contributed by atoms with E-state index < -0.39 is 5.82 Å². The van der Waals surface area contributed by atoms with Crippen LogP contribution in [0.1, 0.15) is 28.8 Å². The van der Waals surface area contributed by atoms with E-state index in [1.807, 2.05) is 0 Å². The number of benzene rings is 1. The average Bonchev–Trinajstić information content (AvgIpc) is 2.95. The second kappa shape index (κ2) is 3.53. The highest BCUT2D eigenvalue weighted by atomic mass is 19.1. The van der Waals surface area contributed by atoms with Gasteiger partial charge in [0.15, 0.2) is 0 Å². The minimum atomic E-state index is -0.476. The van der Waals surface area contributed by atoms with Crippen LogP contribution in [0.4, 0.5) is 10.1 Å². The molecule has 15 heavy (non-hydrogen) atoms. The van der Waals surface area contributed by atoms with Gasteiger partial charge in [-0.2, -0.15) is 0 Å². The summed E-state index contributed by atoms with van der Waals surface area (Å²) in [5.74, 6) is -0.642. The first-order chi connectivity index (χ1) is 7.08. The highest BCUT2D eigenvalue weighted by molar-refractivity contribution is 5.96. The van der Waals surface area contributed by atoms with Gasteiger partial charge in [0.1, 0.15) is 5.82 Å². The summed E-state index contributed by atoms with van der Waals surface area (Å²) in [6.45, 7) is 1.70. The zero-order valence-corrected chi connectivity index (χ0v) is 8.51. The van der Waals surface area contributed by atoms with Crippen LogP contribution in [-0.4, -0.2) is 11.9 Å². The molecule has 0 heterocycles. The normalized spacial score (nSPS) is 15.1. The van der Waals surface area contributed by atoms with Gasteiger partial charge in [0.05, 0.1) is 5.69 Å². The molecule has 0 unspecified atom stereocenters. The molecule has 80 valence electrons. The number of hydrogen-bond acceptors (Lipinski definition) is 2. The van der Waals surface area contributed by atoms with Crippen molar-refractivity contribution < 1.29 is 9.18 Å². The van der Waals surface area contributed by atoms with E-state index in [0.29, 0.717) is 17.2 Å². The van der Waals surface area contributed by atoms with Crippen molar-refractivity contribution >= 4 is 11.6 Å². The maximum Gasteiger partial charge on any atom is 0.251 e. The molecule has 0 spiro atoms. The Morgan fingerprint density at radius 1 is 1.53 bits per heavy atom. The third-order valence-electron chi connectivity index (χ3n) is 2.50. The van der Waals surface area contributed by atoms with Gasteiger partial charge in [-0.1, -0.05) is 0 Å². The lowest BCUT2D eigenvalue weighted by molar-refractivity contribution is 0.0950. The van der Waals surface area contributed by atoms with E-state index in [1.165, 1.54) is 12.1 Å². The second-order valence-electron chi connectivity index (χ2n) is 3.94. The molecule has 1 aromatic rings. The zero-order valence-electron chi connectivity index (χ0n) is 8.51. The molecule has 3 N–H and O–H groups in total. The summed E-state index contributed by atoms with van der Waals surface area (Å²) in [6.07, 6.45) is 2.06. The van der Waals surface area contributed by atoms with E-state index >= 15 is 0 Å². The molecule has 3 nitrogen and oxygen atoms in total. The number of nitrogens with two attached hydrogens (primary N) is 1. The van der Waals surface area contributed by atoms with Gasteiger partial charge in [0.25, 0.3) is 5.91 Å². The van der Waals surface area contributed by atoms with Crippen molar-refractivity contribution in [3.8, 4) is 0 Å². The fourth-order valence-corrected chi connectivity index (χ4v) is 1.42. The van der Waals surface area contributed by atoms with Gasteiger partial charge in [0.2, 0.25) is 0 Å². The lowest BCUT2D eigenvalue weighted by atomic mass is 10.1. The molecule has 1 aliphatic carbocycles. The summed E-state index contributed by atoms with van der Waals surface area (Å²) < 4.78 is 13.0. The topological polar surface area (TPSA) is 55.1 Å². The Kier molecular flexibility index (Phi) is 2.34. The van der Waals surface area contributed by atoms with Gasteiger partial charge >= 0.3 is 0 Å². The van der Waals surface area contributed by atoms with Crippen molar-refractivity contribution in [2.75, 3.05) is 5.73 Å². The zero-order chi connectivity index (χ0) is 11.0. The Hall–Kier alpha value is -1.58. The van der Waals surface area contributed by atoms with E-state index in [2.05, 4.69) is 5.32 Å². The molecule has 0 saturated heterocycles. The van der Waals surface area contributed by atoms with E-state index in [9.17, 15) is 9.18 Å². The van der Waals surface area contributed by atoms with Crippen molar-refractivity contribution in [2.45, 2.75) is 25.8 Å². The number of amides is 1. The molecule has 0 aromatic heterocycles. The predicted octanol–water partition coefficient (Wildman–Crippen LogP) is 1.61. The van der Waals surface area contributed by atoms with Crippen molar-refractivity contribution in [3.63, 3.8) is 0 Å². The number of halogens is 1. The van der Waals surface area contributed by atoms with E-state index in [1.54, 1.807) is 6.92 Å². The van der Waals surface area contributed by atoms with Crippen LogP contribution in [0, 0.1) is 12.7 Å². The van der Waals surface area contributed by atoms with Crippen LogP contribution >= 0.6 is 0 Å². The molecule has 0 radical (unpaired) electrons. The number of rotatable bonds is 2. The van der Waals surface area contributed by atoms with Crippen LogP contribution in [0.15, 0.2) is 12.1 Å². The van der Waals surface area contributed by atoms with Gasteiger partial charge in [0, 0.05) is 11.6 Å². The Labute approximate surface area is 87.5 Å². The Bertz CT molecular complexity index is 413.